The molecule has 5 heteroatoms. The Balaban J connectivity index is 1.90. The molecule has 0 bridgehead atoms. The van der Waals surface area contributed by atoms with Gasteiger partial charge in [-0.05, 0) is 52.2 Å². The third-order valence-corrected chi connectivity index (χ3v) is 5.54. The van der Waals surface area contributed by atoms with Crippen LogP contribution in [0.1, 0.15) is 65.7 Å². The first kappa shape index (κ1) is 17.9. The summed E-state index contributed by atoms with van der Waals surface area (Å²) < 4.78 is 5.44. The van der Waals surface area contributed by atoms with Crippen LogP contribution < -0.4 is 10.6 Å². The number of carbonyl (C=O) groups excluding carboxylic acids is 1. The van der Waals surface area contributed by atoms with Gasteiger partial charge in [0.05, 0.1) is 0 Å². The number of nitrogens with one attached hydrogen (secondary N) is 2. The molecule has 1 aliphatic carbocycles. The average molecular weight is 329 g/mol. The van der Waals surface area contributed by atoms with Crippen molar-refractivity contribution in [3.8, 4) is 0 Å². The van der Waals surface area contributed by atoms with Crippen molar-refractivity contribution in [2.45, 2.75) is 89.4 Å². The molecule has 22 heavy (non-hydrogen) atoms. The van der Waals surface area contributed by atoms with Crippen molar-refractivity contribution in [2.75, 3.05) is 11.5 Å². The molecular weight excluding hydrogens is 296 g/mol. The van der Waals surface area contributed by atoms with E-state index < -0.39 is 5.60 Å². The van der Waals surface area contributed by atoms with Gasteiger partial charge in [-0.15, -0.1) is 0 Å². The van der Waals surface area contributed by atoms with Gasteiger partial charge < -0.3 is 15.4 Å². The van der Waals surface area contributed by atoms with Crippen LogP contribution in [-0.4, -0.2) is 41.3 Å². The number of ether oxygens (including phenoxy) is 1. The molecule has 2 fully saturated rings. The number of amides is 1. The smallest absolute Gasteiger partial charge is 0.407 e. The largest absolute Gasteiger partial charge is 0.444 e. The van der Waals surface area contributed by atoms with Crippen molar-refractivity contribution in [1.82, 2.24) is 10.6 Å². The summed E-state index contributed by atoms with van der Waals surface area (Å²) in [5, 5.41) is 6.95. The zero-order chi connectivity index (χ0) is 16.0. The van der Waals surface area contributed by atoms with Gasteiger partial charge in [0.1, 0.15) is 5.60 Å². The monoisotopic (exact) mass is 328 g/mol. The maximum atomic E-state index is 12.1. The van der Waals surface area contributed by atoms with Crippen LogP contribution in [-0.2, 0) is 4.74 Å². The standard InChI is InChI=1S/C17H32N2O2S/c1-17(2,3)21-16(20)19-15-10-6-4-5-9-14(15)18-13-8-7-11-22-12-13/h13-15,18H,4-12H2,1-3H3,(H,19,20). The van der Waals surface area contributed by atoms with Gasteiger partial charge in [-0.3, -0.25) is 0 Å². The molecule has 1 heterocycles. The summed E-state index contributed by atoms with van der Waals surface area (Å²) in [6, 6.07) is 1.19. The van der Waals surface area contributed by atoms with Crippen molar-refractivity contribution in [2.24, 2.45) is 0 Å². The number of alkyl carbamates (subject to hydrolysis) is 1. The van der Waals surface area contributed by atoms with Gasteiger partial charge in [0.15, 0.2) is 0 Å². The highest BCUT2D eigenvalue weighted by Crippen LogP contribution is 2.23. The number of thioether (sulfide) groups is 1. The second kappa shape index (κ2) is 8.44. The Morgan fingerprint density at radius 3 is 2.41 bits per heavy atom. The quantitative estimate of drug-likeness (QED) is 0.776. The van der Waals surface area contributed by atoms with Crippen molar-refractivity contribution in [3.63, 3.8) is 0 Å². The van der Waals surface area contributed by atoms with Crippen molar-refractivity contribution >= 4 is 17.9 Å². The Morgan fingerprint density at radius 2 is 1.77 bits per heavy atom. The van der Waals surface area contributed by atoms with Gasteiger partial charge in [0, 0.05) is 23.9 Å². The molecule has 2 rings (SSSR count). The molecule has 0 radical (unpaired) electrons. The molecule has 1 amide bonds. The van der Waals surface area contributed by atoms with Gasteiger partial charge in [0.25, 0.3) is 0 Å². The topological polar surface area (TPSA) is 50.4 Å². The minimum atomic E-state index is -0.433. The van der Waals surface area contributed by atoms with Crippen molar-refractivity contribution in [3.05, 3.63) is 0 Å². The Bertz CT molecular complexity index is 351. The van der Waals surface area contributed by atoms with Crippen LogP contribution in [0.5, 0.6) is 0 Å². The summed E-state index contributed by atoms with van der Waals surface area (Å²) in [5.74, 6) is 2.50. The summed E-state index contributed by atoms with van der Waals surface area (Å²) in [6.45, 7) is 5.73. The van der Waals surface area contributed by atoms with Crippen molar-refractivity contribution < 1.29 is 9.53 Å². The number of hydrogen-bond acceptors (Lipinski definition) is 4. The van der Waals surface area contributed by atoms with Crippen LogP contribution in [0.15, 0.2) is 0 Å². The second-order valence-electron chi connectivity index (χ2n) is 7.58. The van der Waals surface area contributed by atoms with Crippen LogP contribution in [0.3, 0.4) is 0 Å². The Kier molecular flexibility index (Phi) is 6.87. The first-order chi connectivity index (χ1) is 10.4. The van der Waals surface area contributed by atoms with E-state index in [0.29, 0.717) is 12.1 Å². The Hall–Kier alpha value is -0.420. The van der Waals surface area contributed by atoms with E-state index >= 15 is 0 Å². The highest BCUT2D eigenvalue weighted by Gasteiger charge is 2.29. The third-order valence-electron chi connectivity index (χ3n) is 4.33. The predicted molar refractivity (Wildman–Crippen MR) is 93.5 cm³/mol. The van der Waals surface area contributed by atoms with E-state index in [2.05, 4.69) is 10.6 Å². The van der Waals surface area contributed by atoms with Crippen LogP contribution in [0.2, 0.25) is 0 Å². The number of rotatable bonds is 3. The summed E-state index contributed by atoms with van der Waals surface area (Å²) in [4.78, 5) is 12.1. The molecular formula is C17H32N2O2S. The number of hydrogen-bond donors (Lipinski definition) is 2. The third kappa shape index (κ3) is 6.37. The second-order valence-corrected chi connectivity index (χ2v) is 8.73. The van der Waals surface area contributed by atoms with Gasteiger partial charge in [-0.2, -0.15) is 11.8 Å². The highest BCUT2D eigenvalue weighted by molar-refractivity contribution is 7.99. The van der Waals surface area contributed by atoms with E-state index in [4.69, 9.17) is 4.74 Å². The molecule has 3 unspecified atom stereocenters. The van der Waals surface area contributed by atoms with Gasteiger partial charge in [-0.1, -0.05) is 19.3 Å². The maximum Gasteiger partial charge on any atom is 0.407 e. The normalized spacial score (nSPS) is 30.4. The molecule has 0 aromatic heterocycles. The van der Waals surface area contributed by atoms with Crippen LogP contribution in [0, 0.1) is 0 Å². The average Bonchev–Trinajstić information content (AvgIpc) is 2.64. The molecule has 3 atom stereocenters. The molecule has 1 saturated heterocycles. The molecule has 2 N–H and O–H groups in total. The molecule has 2 aliphatic rings. The fourth-order valence-corrected chi connectivity index (χ4v) is 4.40. The van der Waals surface area contributed by atoms with Gasteiger partial charge in [-0.25, -0.2) is 4.79 Å². The molecule has 1 saturated carbocycles. The maximum absolute atomic E-state index is 12.1. The van der Waals surface area contributed by atoms with E-state index in [-0.39, 0.29) is 12.1 Å². The summed E-state index contributed by atoms with van der Waals surface area (Å²) in [5.41, 5.74) is -0.433. The van der Waals surface area contributed by atoms with Gasteiger partial charge >= 0.3 is 6.09 Å². The molecule has 1 aliphatic heterocycles. The molecule has 0 aromatic rings. The Labute approximate surface area is 139 Å². The fourth-order valence-electron chi connectivity index (χ4n) is 3.31. The lowest BCUT2D eigenvalue weighted by atomic mass is 10.0. The summed E-state index contributed by atoms with van der Waals surface area (Å²) in [6.07, 6.45) is 8.22. The minimum Gasteiger partial charge on any atom is -0.444 e. The highest BCUT2D eigenvalue weighted by atomic mass is 32.2. The first-order valence-corrected chi connectivity index (χ1v) is 9.93. The van der Waals surface area contributed by atoms with Crippen LogP contribution in [0.25, 0.3) is 0 Å². The first-order valence-electron chi connectivity index (χ1n) is 8.77. The number of carbonyl (C=O) groups is 1. The van der Waals surface area contributed by atoms with Crippen LogP contribution >= 0.6 is 11.8 Å². The zero-order valence-corrected chi connectivity index (χ0v) is 15.1. The van der Waals surface area contributed by atoms with Crippen molar-refractivity contribution in [1.29, 1.82) is 0 Å². The van der Waals surface area contributed by atoms with E-state index in [9.17, 15) is 4.79 Å². The molecule has 0 aromatic carbocycles. The van der Waals surface area contributed by atoms with Crippen LogP contribution in [0.4, 0.5) is 4.79 Å². The summed E-state index contributed by atoms with van der Waals surface area (Å²) >= 11 is 2.05. The SMILES string of the molecule is CC(C)(C)OC(=O)NC1CCCCCC1NC1CCCSC1. The zero-order valence-electron chi connectivity index (χ0n) is 14.3. The minimum absolute atomic E-state index is 0.198. The van der Waals surface area contributed by atoms with E-state index in [1.165, 1.54) is 43.6 Å². The Morgan fingerprint density at radius 1 is 1.05 bits per heavy atom. The lowest BCUT2D eigenvalue weighted by Gasteiger charge is -2.33. The lowest BCUT2D eigenvalue weighted by Crippen LogP contribution is -2.54. The van der Waals surface area contributed by atoms with E-state index in [1.807, 2.05) is 32.5 Å². The predicted octanol–water partition coefficient (Wildman–Crippen LogP) is 3.70. The van der Waals surface area contributed by atoms with E-state index in [1.54, 1.807) is 0 Å². The molecule has 0 spiro atoms. The summed E-state index contributed by atoms with van der Waals surface area (Å²) in [7, 11) is 0. The van der Waals surface area contributed by atoms with Gasteiger partial charge in [0.2, 0.25) is 0 Å². The fraction of sp³-hybridized carbons (Fsp3) is 0.941. The van der Waals surface area contributed by atoms with E-state index in [0.717, 1.165) is 12.8 Å². The lowest BCUT2D eigenvalue weighted by molar-refractivity contribution is 0.0488. The molecule has 4 nitrogen and oxygen atoms in total. The molecule has 128 valence electrons.